The van der Waals surface area contributed by atoms with Gasteiger partial charge in [-0.25, -0.2) is 0 Å². The maximum absolute atomic E-state index is 2.66. The van der Waals surface area contributed by atoms with Crippen LogP contribution in [0.15, 0.2) is 12.1 Å². The molecule has 0 spiro atoms. The van der Waals surface area contributed by atoms with Crippen molar-refractivity contribution in [3.63, 3.8) is 0 Å². The van der Waals surface area contributed by atoms with Gasteiger partial charge in [0.1, 0.15) is 0 Å². The third-order valence-corrected chi connectivity index (χ3v) is 4.50. The topological polar surface area (TPSA) is 3.24 Å². The minimum Gasteiger partial charge on any atom is -0.293 e. The molecule has 1 aliphatic heterocycles. The highest BCUT2D eigenvalue weighted by atomic mass is 32.1. The third kappa shape index (κ3) is 2.61. The molecule has 0 bridgehead atoms. The molecule has 1 aromatic heterocycles. The number of hydrogen-bond acceptors (Lipinski definition) is 2. The van der Waals surface area contributed by atoms with E-state index >= 15 is 0 Å². The number of thiophene rings is 1. The van der Waals surface area contributed by atoms with Crippen LogP contribution in [-0.2, 0) is 6.54 Å². The quantitative estimate of drug-likeness (QED) is 0.737. The summed E-state index contributed by atoms with van der Waals surface area (Å²) in [5.74, 6) is 0. The van der Waals surface area contributed by atoms with E-state index in [1.165, 1.54) is 29.0 Å². The van der Waals surface area contributed by atoms with Crippen molar-refractivity contribution in [1.82, 2.24) is 4.90 Å². The fourth-order valence-electron chi connectivity index (χ4n) is 2.54. The predicted octanol–water partition coefficient (Wildman–Crippen LogP) is 3.82. The second kappa shape index (κ2) is 4.67. The summed E-state index contributed by atoms with van der Waals surface area (Å²) in [6, 6.07) is 6.04. The molecule has 0 aliphatic carbocycles. The summed E-state index contributed by atoms with van der Waals surface area (Å²) in [5, 5.41) is 0. The molecular formula is C13H21NS. The van der Waals surface area contributed by atoms with Crippen LogP contribution in [0.4, 0.5) is 0 Å². The molecule has 0 N–H and O–H groups in total. The number of aryl methyl sites for hydroxylation is 1. The molecule has 2 atom stereocenters. The van der Waals surface area contributed by atoms with Gasteiger partial charge in [0.15, 0.2) is 0 Å². The Balaban J connectivity index is 2.03. The van der Waals surface area contributed by atoms with Gasteiger partial charge in [0.05, 0.1) is 0 Å². The van der Waals surface area contributed by atoms with E-state index in [1.807, 2.05) is 11.3 Å². The largest absolute Gasteiger partial charge is 0.293 e. The predicted molar refractivity (Wildman–Crippen MR) is 67.4 cm³/mol. The molecule has 2 heterocycles. The van der Waals surface area contributed by atoms with E-state index in [9.17, 15) is 0 Å². The average molecular weight is 223 g/mol. The average Bonchev–Trinajstić information content (AvgIpc) is 2.58. The molecule has 1 saturated heterocycles. The molecule has 2 unspecified atom stereocenters. The zero-order chi connectivity index (χ0) is 10.8. The van der Waals surface area contributed by atoms with Gasteiger partial charge in [-0.1, -0.05) is 6.42 Å². The first-order chi connectivity index (χ1) is 7.16. The Kier molecular flexibility index (Phi) is 3.47. The molecule has 84 valence electrons. The number of hydrogen-bond donors (Lipinski definition) is 0. The summed E-state index contributed by atoms with van der Waals surface area (Å²) in [4.78, 5) is 5.62. The van der Waals surface area contributed by atoms with Gasteiger partial charge in [0, 0.05) is 28.4 Å². The lowest BCUT2D eigenvalue weighted by Gasteiger charge is -2.38. The number of nitrogens with zero attached hydrogens (tertiary/aromatic N) is 1. The zero-order valence-electron chi connectivity index (χ0n) is 9.99. The summed E-state index contributed by atoms with van der Waals surface area (Å²) in [6.45, 7) is 8.09. The Hall–Kier alpha value is -0.340. The Morgan fingerprint density at radius 1 is 1.27 bits per heavy atom. The van der Waals surface area contributed by atoms with Crippen LogP contribution >= 0.6 is 11.3 Å². The molecule has 0 saturated carbocycles. The van der Waals surface area contributed by atoms with Gasteiger partial charge >= 0.3 is 0 Å². The van der Waals surface area contributed by atoms with Crippen LogP contribution < -0.4 is 0 Å². The summed E-state index contributed by atoms with van der Waals surface area (Å²) in [6.07, 6.45) is 4.14. The second-order valence-corrected chi connectivity index (χ2v) is 6.19. The maximum Gasteiger partial charge on any atom is 0.0333 e. The van der Waals surface area contributed by atoms with Crippen molar-refractivity contribution < 1.29 is 0 Å². The maximum atomic E-state index is 2.66. The molecule has 1 aliphatic rings. The number of likely N-dealkylation sites (tertiary alicyclic amines) is 1. The lowest BCUT2D eigenvalue weighted by Crippen LogP contribution is -2.42. The molecule has 1 fully saturated rings. The first-order valence-electron chi connectivity index (χ1n) is 5.98. The lowest BCUT2D eigenvalue weighted by atomic mass is 9.97. The van der Waals surface area contributed by atoms with E-state index in [-0.39, 0.29) is 0 Å². The second-order valence-electron chi connectivity index (χ2n) is 4.81. The highest BCUT2D eigenvalue weighted by Crippen LogP contribution is 2.26. The lowest BCUT2D eigenvalue weighted by molar-refractivity contribution is 0.0964. The highest BCUT2D eigenvalue weighted by Gasteiger charge is 2.24. The Labute approximate surface area is 97.1 Å². The minimum atomic E-state index is 0.760. The van der Waals surface area contributed by atoms with Crippen molar-refractivity contribution in [2.75, 3.05) is 0 Å². The summed E-state index contributed by atoms with van der Waals surface area (Å²) < 4.78 is 0. The first kappa shape index (κ1) is 11.2. The van der Waals surface area contributed by atoms with E-state index in [0.717, 1.165) is 18.6 Å². The van der Waals surface area contributed by atoms with Crippen molar-refractivity contribution in [2.45, 2.75) is 58.7 Å². The van der Waals surface area contributed by atoms with E-state index in [2.05, 4.69) is 37.8 Å². The van der Waals surface area contributed by atoms with Crippen LogP contribution in [0.2, 0.25) is 0 Å². The van der Waals surface area contributed by atoms with Gasteiger partial charge in [0.25, 0.3) is 0 Å². The monoisotopic (exact) mass is 223 g/mol. The highest BCUT2D eigenvalue weighted by molar-refractivity contribution is 7.11. The third-order valence-electron chi connectivity index (χ3n) is 3.51. The van der Waals surface area contributed by atoms with Crippen LogP contribution in [0.3, 0.4) is 0 Å². The van der Waals surface area contributed by atoms with Crippen molar-refractivity contribution in [3.05, 3.63) is 21.9 Å². The van der Waals surface area contributed by atoms with E-state index in [0.29, 0.717) is 0 Å². The molecular weight excluding hydrogens is 202 g/mol. The van der Waals surface area contributed by atoms with Crippen molar-refractivity contribution >= 4 is 11.3 Å². The molecule has 0 radical (unpaired) electrons. The number of rotatable bonds is 2. The smallest absolute Gasteiger partial charge is 0.0333 e. The minimum absolute atomic E-state index is 0.760. The van der Waals surface area contributed by atoms with Crippen LogP contribution in [0.1, 0.15) is 42.9 Å². The number of piperidine rings is 1. The van der Waals surface area contributed by atoms with Gasteiger partial charge < -0.3 is 0 Å². The summed E-state index contributed by atoms with van der Waals surface area (Å²) in [5.41, 5.74) is 0. The van der Waals surface area contributed by atoms with Gasteiger partial charge in [-0.2, -0.15) is 0 Å². The van der Waals surface area contributed by atoms with Crippen molar-refractivity contribution in [2.24, 2.45) is 0 Å². The van der Waals surface area contributed by atoms with Crippen LogP contribution in [0.5, 0.6) is 0 Å². The molecule has 2 heteroatoms. The molecule has 2 rings (SSSR count). The van der Waals surface area contributed by atoms with Gasteiger partial charge in [-0.05, 0) is 45.7 Å². The Morgan fingerprint density at radius 2 is 1.93 bits per heavy atom. The normalized spacial score (nSPS) is 28.2. The molecule has 0 aromatic carbocycles. The molecule has 0 amide bonds. The SMILES string of the molecule is Cc1ccc(CN2C(C)CCCC2C)s1. The van der Waals surface area contributed by atoms with Crippen molar-refractivity contribution in [3.8, 4) is 0 Å². The van der Waals surface area contributed by atoms with Crippen LogP contribution in [0.25, 0.3) is 0 Å². The summed E-state index contributed by atoms with van der Waals surface area (Å²) in [7, 11) is 0. The van der Waals surface area contributed by atoms with E-state index in [1.54, 1.807) is 0 Å². The molecule has 1 aromatic rings. The Morgan fingerprint density at radius 3 is 2.47 bits per heavy atom. The van der Waals surface area contributed by atoms with Gasteiger partial charge in [-0.15, -0.1) is 11.3 Å². The first-order valence-corrected chi connectivity index (χ1v) is 6.79. The van der Waals surface area contributed by atoms with Crippen LogP contribution in [0, 0.1) is 6.92 Å². The molecule has 15 heavy (non-hydrogen) atoms. The summed E-state index contributed by atoms with van der Waals surface area (Å²) >= 11 is 1.94. The Bertz CT molecular complexity index is 308. The van der Waals surface area contributed by atoms with E-state index < -0.39 is 0 Å². The van der Waals surface area contributed by atoms with E-state index in [4.69, 9.17) is 0 Å². The van der Waals surface area contributed by atoms with Gasteiger partial charge in [0.2, 0.25) is 0 Å². The van der Waals surface area contributed by atoms with Crippen LogP contribution in [-0.4, -0.2) is 17.0 Å². The standard InChI is InChI=1S/C13H21NS/c1-10-5-4-6-11(2)14(10)9-13-8-7-12(3)15-13/h7-8,10-11H,4-6,9H2,1-3H3. The fourth-order valence-corrected chi connectivity index (χ4v) is 3.44. The van der Waals surface area contributed by atoms with Gasteiger partial charge in [-0.3, -0.25) is 4.90 Å². The molecule has 1 nitrogen and oxygen atoms in total. The fraction of sp³-hybridized carbons (Fsp3) is 0.692. The zero-order valence-corrected chi connectivity index (χ0v) is 10.8. The van der Waals surface area contributed by atoms with Crippen molar-refractivity contribution in [1.29, 1.82) is 0 Å².